The Labute approximate surface area is 226 Å². The molecule has 3 aromatic rings. The number of phenols is 1. The van der Waals surface area contributed by atoms with Gasteiger partial charge in [-0.3, -0.25) is 9.10 Å². The van der Waals surface area contributed by atoms with E-state index >= 15 is 0 Å². The SMILES string of the molecule is CC(C)(C)O.Cc1cccc2c1-c1c(C)c(-c3ccc(Cl)cc3O)c(CC(=O)O)c(C)c1N(S(C)=O)C2. The maximum absolute atomic E-state index is 12.8. The van der Waals surface area contributed by atoms with Crippen LogP contribution in [-0.2, 0) is 28.7 Å². The number of nitrogens with zero attached hydrogens (tertiary/aromatic N) is 1. The van der Waals surface area contributed by atoms with E-state index in [1.54, 1.807) is 39.2 Å². The van der Waals surface area contributed by atoms with Crippen molar-refractivity contribution >= 4 is 34.2 Å². The predicted molar refractivity (Wildman–Crippen MR) is 152 cm³/mol. The van der Waals surface area contributed by atoms with Crippen LogP contribution in [0.5, 0.6) is 5.75 Å². The molecule has 37 heavy (non-hydrogen) atoms. The van der Waals surface area contributed by atoms with Crippen molar-refractivity contribution in [2.24, 2.45) is 0 Å². The molecule has 0 spiro atoms. The van der Waals surface area contributed by atoms with Gasteiger partial charge in [0.15, 0.2) is 0 Å². The smallest absolute Gasteiger partial charge is 0.307 e. The van der Waals surface area contributed by atoms with Gasteiger partial charge in [0.1, 0.15) is 16.7 Å². The minimum absolute atomic E-state index is 0.0108. The zero-order chi connectivity index (χ0) is 27.8. The summed E-state index contributed by atoms with van der Waals surface area (Å²) in [7, 11) is -1.31. The Bertz CT molecular complexity index is 1390. The zero-order valence-corrected chi connectivity index (χ0v) is 23.8. The Balaban J connectivity index is 0.000000695. The van der Waals surface area contributed by atoms with Crippen LogP contribution in [0.1, 0.15) is 48.6 Å². The summed E-state index contributed by atoms with van der Waals surface area (Å²) >= 11 is 6.06. The molecule has 1 aliphatic rings. The van der Waals surface area contributed by atoms with E-state index in [4.69, 9.17) is 16.7 Å². The van der Waals surface area contributed by atoms with E-state index in [9.17, 15) is 19.2 Å². The van der Waals surface area contributed by atoms with Crippen molar-refractivity contribution in [3.8, 4) is 28.0 Å². The maximum Gasteiger partial charge on any atom is 0.307 e. The first-order chi connectivity index (χ1) is 17.1. The van der Waals surface area contributed by atoms with Crippen molar-refractivity contribution in [3.63, 3.8) is 0 Å². The Morgan fingerprint density at radius 1 is 1.05 bits per heavy atom. The molecule has 1 unspecified atom stereocenters. The fourth-order valence-corrected chi connectivity index (χ4v) is 5.76. The molecule has 1 heterocycles. The number of aryl methyl sites for hydroxylation is 1. The lowest BCUT2D eigenvalue weighted by Gasteiger charge is -2.36. The van der Waals surface area contributed by atoms with Crippen molar-refractivity contribution in [2.75, 3.05) is 10.6 Å². The number of hydrogen-bond acceptors (Lipinski definition) is 4. The Hall–Kier alpha value is -2.87. The maximum atomic E-state index is 12.8. The van der Waals surface area contributed by atoms with Crippen LogP contribution in [0.2, 0.25) is 5.02 Å². The first kappa shape index (κ1) is 28.7. The third kappa shape index (κ3) is 6.17. The van der Waals surface area contributed by atoms with Crippen LogP contribution in [0.3, 0.4) is 0 Å². The van der Waals surface area contributed by atoms with Crippen LogP contribution in [0, 0.1) is 20.8 Å². The minimum atomic E-state index is -1.31. The number of carbonyl (C=O) groups is 1. The molecule has 3 N–H and O–H groups in total. The predicted octanol–water partition coefficient (Wildman–Crippen LogP) is 6.32. The van der Waals surface area contributed by atoms with Gasteiger partial charge in [0.2, 0.25) is 0 Å². The third-order valence-corrected chi connectivity index (χ3v) is 7.30. The van der Waals surface area contributed by atoms with Crippen LogP contribution in [0.4, 0.5) is 5.69 Å². The van der Waals surface area contributed by atoms with Crippen LogP contribution >= 0.6 is 11.6 Å². The van der Waals surface area contributed by atoms with Gasteiger partial charge in [-0.05, 0) is 98.7 Å². The number of aliphatic hydroxyl groups is 1. The molecule has 0 aromatic heterocycles. The molecule has 198 valence electrons. The molecule has 0 amide bonds. The topological polar surface area (TPSA) is 98.1 Å². The zero-order valence-electron chi connectivity index (χ0n) is 22.3. The number of anilines is 1. The van der Waals surface area contributed by atoms with E-state index in [-0.39, 0.29) is 12.2 Å². The third-order valence-electron chi connectivity index (χ3n) is 6.14. The first-order valence-electron chi connectivity index (χ1n) is 11.9. The second-order valence-electron chi connectivity index (χ2n) is 10.3. The number of aromatic hydroxyl groups is 1. The van der Waals surface area contributed by atoms with Gasteiger partial charge < -0.3 is 15.3 Å². The summed E-state index contributed by atoms with van der Waals surface area (Å²) in [4.78, 5) is 11.8. The van der Waals surface area contributed by atoms with Gasteiger partial charge >= 0.3 is 5.97 Å². The lowest BCUT2D eigenvalue weighted by atomic mass is 9.79. The normalized spacial score (nSPS) is 13.3. The van der Waals surface area contributed by atoms with E-state index in [1.165, 1.54) is 6.07 Å². The van der Waals surface area contributed by atoms with Gasteiger partial charge in [-0.1, -0.05) is 29.8 Å². The van der Waals surface area contributed by atoms with Crippen molar-refractivity contribution in [3.05, 3.63) is 69.2 Å². The van der Waals surface area contributed by atoms with Crippen molar-refractivity contribution < 1.29 is 24.3 Å². The fraction of sp³-hybridized carbons (Fsp3) is 0.345. The molecule has 0 radical (unpaired) electrons. The van der Waals surface area contributed by atoms with Gasteiger partial charge in [0.05, 0.1) is 24.3 Å². The molecule has 0 saturated heterocycles. The van der Waals surface area contributed by atoms with Crippen molar-refractivity contribution in [2.45, 2.75) is 60.1 Å². The molecule has 6 nitrogen and oxygen atoms in total. The molecule has 1 atom stereocenters. The molecule has 8 heteroatoms. The number of phenolic OH excluding ortho intramolecular Hbond substituents is 1. The van der Waals surface area contributed by atoms with E-state index in [0.29, 0.717) is 28.3 Å². The first-order valence-corrected chi connectivity index (χ1v) is 13.8. The fourth-order valence-electron chi connectivity index (χ4n) is 4.79. The minimum Gasteiger partial charge on any atom is -0.507 e. The highest BCUT2D eigenvalue weighted by atomic mass is 35.5. The van der Waals surface area contributed by atoms with Gasteiger partial charge in [0, 0.05) is 22.4 Å². The average molecular weight is 544 g/mol. The molecule has 0 saturated carbocycles. The van der Waals surface area contributed by atoms with E-state index in [1.807, 2.05) is 43.3 Å². The summed E-state index contributed by atoms with van der Waals surface area (Å²) in [5.74, 6) is -0.984. The standard InChI is InChI=1S/C25H24ClNO4S.C4H10O/c1-13-6-5-7-16-12-27(32(4)31)25-14(2)19(11-21(29)30)23(15(3)24(25)22(13)16)18-9-8-17(26)10-20(18)28;1-4(2,3)5/h5-10,28H,11-12H2,1-4H3,(H,29,30);5H,1-3H3. The number of carboxylic acid groups (broad SMARTS) is 1. The summed E-state index contributed by atoms with van der Waals surface area (Å²) in [6, 6.07) is 10.9. The van der Waals surface area contributed by atoms with Crippen LogP contribution in [-0.4, -0.2) is 37.4 Å². The highest BCUT2D eigenvalue weighted by Crippen LogP contribution is 2.51. The molecule has 0 bridgehead atoms. The molecule has 0 aliphatic carbocycles. The molecule has 4 rings (SSSR count). The summed E-state index contributed by atoms with van der Waals surface area (Å²) < 4.78 is 14.6. The molecule has 1 aliphatic heterocycles. The van der Waals surface area contributed by atoms with Crippen LogP contribution < -0.4 is 4.31 Å². The summed E-state index contributed by atoms with van der Waals surface area (Å²) in [6.07, 6.45) is 1.41. The van der Waals surface area contributed by atoms with Crippen molar-refractivity contribution in [1.29, 1.82) is 0 Å². The second kappa shape index (κ2) is 10.9. The summed E-state index contributed by atoms with van der Waals surface area (Å²) in [6.45, 7) is 11.6. The summed E-state index contributed by atoms with van der Waals surface area (Å²) in [5, 5.41) is 29.3. The lowest BCUT2D eigenvalue weighted by Crippen LogP contribution is -2.30. The average Bonchev–Trinajstić information content (AvgIpc) is 2.76. The quantitative estimate of drug-likeness (QED) is 0.357. The van der Waals surface area contributed by atoms with Gasteiger partial charge in [-0.2, -0.15) is 0 Å². The van der Waals surface area contributed by atoms with Crippen LogP contribution in [0.15, 0.2) is 36.4 Å². The molecular weight excluding hydrogens is 510 g/mol. The molecule has 0 fully saturated rings. The Kier molecular flexibility index (Phi) is 8.42. The van der Waals surface area contributed by atoms with E-state index < -0.39 is 22.6 Å². The Morgan fingerprint density at radius 2 is 1.68 bits per heavy atom. The van der Waals surface area contributed by atoms with Crippen molar-refractivity contribution in [1.82, 2.24) is 0 Å². The van der Waals surface area contributed by atoms with E-state index in [2.05, 4.69) is 0 Å². The number of carboxylic acids is 1. The monoisotopic (exact) mass is 543 g/mol. The van der Waals surface area contributed by atoms with Gasteiger partial charge in [-0.25, -0.2) is 4.21 Å². The van der Waals surface area contributed by atoms with Gasteiger partial charge in [0.25, 0.3) is 0 Å². The second-order valence-corrected chi connectivity index (χ2v) is 12.0. The number of aliphatic carboxylic acids is 1. The largest absolute Gasteiger partial charge is 0.507 e. The molecular formula is C29H34ClNO5S. The number of hydrogen-bond donors (Lipinski definition) is 3. The Morgan fingerprint density at radius 3 is 2.22 bits per heavy atom. The highest BCUT2D eigenvalue weighted by molar-refractivity contribution is 7.85. The highest BCUT2D eigenvalue weighted by Gasteiger charge is 2.33. The van der Waals surface area contributed by atoms with E-state index in [0.717, 1.165) is 39.1 Å². The number of halogens is 1. The number of benzene rings is 3. The lowest BCUT2D eigenvalue weighted by molar-refractivity contribution is -0.136. The number of rotatable bonds is 4. The number of fused-ring (bicyclic) bond motifs is 3. The van der Waals surface area contributed by atoms with Gasteiger partial charge in [-0.15, -0.1) is 0 Å². The summed E-state index contributed by atoms with van der Waals surface area (Å²) in [5.41, 5.74) is 7.83. The molecule has 3 aromatic carbocycles. The van der Waals surface area contributed by atoms with Crippen LogP contribution in [0.25, 0.3) is 22.3 Å².